The van der Waals surface area contributed by atoms with Crippen LogP contribution in [0.3, 0.4) is 0 Å². The topological polar surface area (TPSA) is 58.1 Å². The van der Waals surface area contributed by atoms with E-state index >= 15 is 0 Å². The molecule has 1 amide bonds. The van der Waals surface area contributed by atoms with Crippen LogP contribution in [0.5, 0.6) is 0 Å². The minimum atomic E-state index is -0.174. The fourth-order valence-corrected chi connectivity index (χ4v) is 5.57. The minimum Gasteiger partial charge on any atom is -0.301 e. The van der Waals surface area contributed by atoms with Gasteiger partial charge in [-0.3, -0.25) is 10.1 Å². The van der Waals surface area contributed by atoms with Gasteiger partial charge in [0.15, 0.2) is 5.13 Å². The molecule has 0 atom stereocenters. The number of para-hydroxylation sites is 1. The smallest absolute Gasteiger partial charge is 0.258 e. The first kappa shape index (κ1) is 18.7. The zero-order valence-electron chi connectivity index (χ0n) is 15.6. The Kier molecular flexibility index (Phi) is 4.83. The number of likely N-dealkylation sites (N-methyl/N-ethyl adjacent to an activating group) is 1. The van der Waals surface area contributed by atoms with E-state index in [0.29, 0.717) is 15.0 Å². The molecule has 5 rings (SSSR count). The quantitative estimate of drug-likeness (QED) is 0.468. The van der Waals surface area contributed by atoms with Gasteiger partial charge in [0.25, 0.3) is 5.91 Å². The fraction of sp³-hybridized carbons (Fsp3) is 0.190. The number of hydrogen-bond donors (Lipinski definition) is 1. The van der Waals surface area contributed by atoms with Crippen molar-refractivity contribution in [2.24, 2.45) is 0 Å². The van der Waals surface area contributed by atoms with E-state index in [1.807, 2.05) is 42.5 Å². The second-order valence-corrected chi connectivity index (χ2v) is 9.81. The molecule has 4 heterocycles. The lowest BCUT2D eigenvalue weighted by Crippen LogP contribution is -2.25. The van der Waals surface area contributed by atoms with Crippen LogP contribution in [0.25, 0.3) is 21.5 Å². The second kappa shape index (κ2) is 7.50. The number of fused-ring (bicyclic) bond motifs is 2. The molecule has 5 nitrogen and oxygen atoms in total. The molecule has 1 aliphatic rings. The summed E-state index contributed by atoms with van der Waals surface area (Å²) in [6.07, 6.45) is 0.916. The number of carbonyl (C=O) groups is 1. The normalized spacial score (nSPS) is 14.1. The number of nitrogens with one attached hydrogen (secondary N) is 1. The highest BCUT2D eigenvalue weighted by molar-refractivity contribution is 7.19. The van der Waals surface area contributed by atoms with Gasteiger partial charge in [-0.05, 0) is 31.3 Å². The Morgan fingerprint density at radius 1 is 1.17 bits per heavy atom. The summed E-state index contributed by atoms with van der Waals surface area (Å²) < 4.78 is 0.694. The summed E-state index contributed by atoms with van der Waals surface area (Å²) >= 11 is 9.10. The van der Waals surface area contributed by atoms with E-state index in [-0.39, 0.29) is 5.91 Å². The predicted molar refractivity (Wildman–Crippen MR) is 120 cm³/mol. The summed E-state index contributed by atoms with van der Waals surface area (Å²) in [6.45, 7) is 1.87. The van der Waals surface area contributed by atoms with E-state index in [4.69, 9.17) is 16.6 Å². The number of pyridine rings is 1. The number of carbonyl (C=O) groups excluding carboxylic acids is 1. The molecule has 146 valence electrons. The Hall–Kier alpha value is -2.32. The Labute approximate surface area is 181 Å². The molecule has 0 bridgehead atoms. The molecular weight excluding hydrogens is 424 g/mol. The number of hydrogen-bond acceptors (Lipinski definition) is 6. The standard InChI is InChI=1S/C21H17ClN4OS2/c1-26-9-8-15-18(11-26)29-21(24-15)25-20(27)13-10-16(17-6-7-19(22)28-17)23-14-5-3-2-4-12(13)14/h2-7,10H,8-9,11H2,1H3,(H,24,25,27). The van der Waals surface area contributed by atoms with Crippen LogP contribution in [0.1, 0.15) is 20.9 Å². The van der Waals surface area contributed by atoms with E-state index < -0.39 is 0 Å². The number of thiazole rings is 1. The van der Waals surface area contributed by atoms with Gasteiger partial charge >= 0.3 is 0 Å². The van der Waals surface area contributed by atoms with Crippen LogP contribution in [0, 0.1) is 0 Å². The maximum atomic E-state index is 13.2. The zero-order valence-corrected chi connectivity index (χ0v) is 18.0. The van der Waals surface area contributed by atoms with Gasteiger partial charge in [0.05, 0.1) is 31.7 Å². The first-order valence-electron chi connectivity index (χ1n) is 9.21. The number of benzene rings is 1. The SMILES string of the molecule is CN1CCc2nc(NC(=O)c3cc(-c4ccc(Cl)s4)nc4ccccc34)sc2C1. The second-order valence-electron chi connectivity index (χ2n) is 7.01. The van der Waals surface area contributed by atoms with E-state index in [1.165, 1.54) is 16.2 Å². The van der Waals surface area contributed by atoms with Gasteiger partial charge in [0.1, 0.15) is 0 Å². The summed E-state index contributed by atoms with van der Waals surface area (Å²) in [7, 11) is 2.10. The highest BCUT2D eigenvalue weighted by atomic mass is 35.5. The van der Waals surface area contributed by atoms with E-state index in [1.54, 1.807) is 11.3 Å². The van der Waals surface area contributed by atoms with Crippen molar-refractivity contribution in [1.29, 1.82) is 0 Å². The van der Waals surface area contributed by atoms with Crippen LogP contribution in [0.2, 0.25) is 4.34 Å². The van der Waals surface area contributed by atoms with Crippen molar-refractivity contribution in [3.05, 3.63) is 62.9 Å². The van der Waals surface area contributed by atoms with Gasteiger partial charge in [-0.1, -0.05) is 29.8 Å². The molecule has 29 heavy (non-hydrogen) atoms. The number of halogens is 1. The van der Waals surface area contributed by atoms with Crippen LogP contribution >= 0.6 is 34.3 Å². The molecule has 1 N–H and O–H groups in total. The predicted octanol–water partition coefficient (Wildman–Crippen LogP) is 5.31. The first-order chi connectivity index (χ1) is 14.1. The van der Waals surface area contributed by atoms with Crippen molar-refractivity contribution >= 4 is 56.2 Å². The number of amides is 1. The highest BCUT2D eigenvalue weighted by Crippen LogP contribution is 2.33. The summed E-state index contributed by atoms with van der Waals surface area (Å²) in [6, 6.07) is 13.3. The summed E-state index contributed by atoms with van der Waals surface area (Å²) in [4.78, 5) is 27.0. The molecule has 8 heteroatoms. The third-order valence-electron chi connectivity index (χ3n) is 4.93. The third kappa shape index (κ3) is 3.67. The van der Waals surface area contributed by atoms with Crippen LogP contribution in [0.15, 0.2) is 42.5 Å². The summed E-state index contributed by atoms with van der Waals surface area (Å²) in [5.41, 5.74) is 3.20. The molecule has 1 aromatic carbocycles. The van der Waals surface area contributed by atoms with Crippen molar-refractivity contribution in [3.8, 4) is 10.6 Å². The van der Waals surface area contributed by atoms with Crippen molar-refractivity contribution < 1.29 is 4.79 Å². The van der Waals surface area contributed by atoms with Gasteiger partial charge in [0.2, 0.25) is 0 Å². The van der Waals surface area contributed by atoms with Gasteiger partial charge in [0, 0.05) is 29.8 Å². The molecule has 0 radical (unpaired) electrons. The summed E-state index contributed by atoms with van der Waals surface area (Å²) in [5.74, 6) is -0.174. The molecular formula is C21H17ClN4OS2. The molecule has 0 aliphatic carbocycles. The third-order valence-corrected chi connectivity index (χ3v) is 7.18. The molecule has 0 unspecified atom stereocenters. The lowest BCUT2D eigenvalue weighted by molar-refractivity contribution is 0.102. The largest absolute Gasteiger partial charge is 0.301 e. The zero-order chi connectivity index (χ0) is 20.0. The van der Waals surface area contributed by atoms with E-state index in [2.05, 4.69) is 22.2 Å². The van der Waals surface area contributed by atoms with Crippen molar-refractivity contribution in [1.82, 2.24) is 14.9 Å². The maximum Gasteiger partial charge on any atom is 0.258 e. The number of thiophene rings is 1. The van der Waals surface area contributed by atoms with Crippen molar-refractivity contribution in [2.75, 3.05) is 18.9 Å². The van der Waals surface area contributed by atoms with E-state index in [0.717, 1.165) is 46.7 Å². The van der Waals surface area contributed by atoms with Gasteiger partial charge in [-0.2, -0.15) is 0 Å². The Morgan fingerprint density at radius 3 is 2.86 bits per heavy atom. The first-order valence-corrected chi connectivity index (χ1v) is 11.2. The Bertz CT molecular complexity index is 1230. The van der Waals surface area contributed by atoms with Gasteiger partial charge in [-0.15, -0.1) is 22.7 Å². The van der Waals surface area contributed by atoms with Gasteiger partial charge < -0.3 is 4.90 Å². The molecule has 0 saturated carbocycles. The molecule has 1 aliphatic heterocycles. The Morgan fingerprint density at radius 2 is 2.03 bits per heavy atom. The number of nitrogens with zero attached hydrogens (tertiary/aromatic N) is 3. The number of rotatable bonds is 3. The lowest BCUT2D eigenvalue weighted by atomic mass is 10.1. The number of anilines is 1. The van der Waals surface area contributed by atoms with Crippen LogP contribution in [-0.2, 0) is 13.0 Å². The lowest BCUT2D eigenvalue weighted by Gasteiger charge is -2.20. The number of aromatic nitrogens is 2. The van der Waals surface area contributed by atoms with Gasteiger partial charge in [-0.25, -0.2) is 9.97 Å². The molecule has 3 aromatic heterocycles. The highest BCUT2D eigenvalue weighted by Gasteiger charge is 2.21. The van der Waals surface area contributed by atoms with Crippen LogP contribution < -0.4 is 5.32 Å². The average Bonchev–Trinajstić information content (AvgIpc) is 3.32. The molecule has 0 spiro atoms. The molecule has 0 fully saturated rings. The van der Waals surface area contributed by atoms with E-state index in [9.17, 15) is 4.79 Å². The van der Waals surface area contributed by atoms with Crippen molar-refractivity contribution in [2.45, 2.75) is 13.0 Å². The minimum absolute atomic E-state index is 0.174. The maximum absolute atomic E-state index is 13.2. The molecule has 0 saturated heterocycles. The average molecular weight is 441 g/mol. The van der Waals surface area contributed by atoms with Crippen molar-refractivity contribution in [3.63, 3.8) is 0 Å². The van der Waals surface area contributed by atoms with Crippen LogP contribution in [-0.4, -0.2) is 34.4 Å². The van der Waals surface area contributed by atoms with Crippen LogP contribution in [0.4, 0.5) is 5.13 Å². The Balaban J connectivity index is 1.52. The summed E-state index contributed by atoms with van der Waals surface area (Å²) in [5, 5.41) is 4.47. The molecule has 4 aromatic rings. The monoisotopic (exact) mass is 440 g/mol. The fourth-order valence-electron chi connectivity index (χ4n) is 3.48.